The minimum atomic E-state index is -0.588. The van der Waals surface area contributed by atoms with Gasteiger partial charge in [0, 0.05) is 6.07 Å². The van der Waals surface area contributed by atoms with Gasteiger partial charge in [0.1, 0.15) is 11.5 Å². The number of carbonyl (C=O) groups excluding carboxylic acids is 1. The molecule has 0 amide bonds. The molecule has 15 heavy (non-hydrogen) atoms. The smallest absolute Gasteiger partial charge is 0.338 e. The van der Waals surface area contributed by atoms with Gasteiger partial charge in [0.25, 0.3) is 0 Å². The third-order valence-corrected chi connectivity index (χ3v) is 1.72. The maximum absolute atomic E-state index is 11.3. The predicted molar refractivity (Wildman–Crippen MR) is 55.2 cm³/mol. The first-order valence-corrected chi connectivity index (χ1v) is 4.53. The van der Waals surface area contributed by atoms with Gasteiger partial charge in [0.05, 0.1) is 20.0 Å². The molecule has 0 bridgehead atoms. The van der Waals surface area contributed by atoms with Gasteiger partial charge in [-0.1, -0.05) is 6.32 Å². The van der Waals surface area contributed by atoms with E-state index < -0.39 is 5.97 Å². The van der Waals surface area contributed by atoms with Crippen LogP contribution in [-0.2, 0) is 4.74 Å². The zero-order valence-electron chi connectivity index (χ0n) is 8.14. The lowest BCUT2D eigenvalue weighted by Crippen LogP contribution is -2.06. The molecule has 5 heteroatoms. The minimum absolute atomic E-state index is 0.115. The van der Waals surface area contributed by atoms with Gasteiger partial charge in [-0.05, 0) is 18.6 Å². The van der Waals surface area contributed by atoms with Gasteiger partial charge in [-0.2, -0.15) is 0 Å². The van der Waals surface area contributed by atoms with Crippen LogP contribution < -0.4 is 0 Å². The first-order valence-electron chi connectivity index (χ1n) is 4.53. The number of carbonyl (C=O) groups is 1. The van der Waals surface area contributed by atoms with Crippen LogP contribution in [0.25, 0.3) is 0 Å². The molecular formula is C10H11BO4. The Morgan fingerprint density at radius 3 is 2.40 bits per heavy atom. The van der Waals surface area contributed by atoms with Crippen LogP contribution in [0.4, 0.5) is 0 Å². The Morgan fingerprint density at radius 2 is 1.87 bits per heavy atom. The van der Waals surface area contributed by atoms with E-state index in [4.69, 9.17) is 22.8 Å². The quantitative estimate of drug-likeness (QED) is 0.441. The highest BCUT2D eigenvalue weighted by Crippen LogP contribution is 2.20. The van der Waals surface area contributed by atoms with Gasteiger partial charge in [-0.15, -0.1) is 0 Å². The van der Waals surface area contributed by atoms with Crippen molar-refractivity contribution in [1.29, 1.82) is 0 Å². The molecule has 2 radical (unpaired) electrons. The molecule has 0 saturated heterocycles. The number of phenols is 2. The van der Waals surface area contributed by atoms with Crippen molar-refractivity contribution in [2.75, 3.05) is 6.61 Å². The van der Waals surface area contributed by atoms with Gasteiger partial charge in [0.15, 0.2) is 0 Å². The molecule has 0 fully saturated rings. The average Bonchev–Trinajstić information content (AvgIpc) is 2.16. The summed E-state index contributed by atoms with van der Waals surface area (Å²) in [5.74, 6) is -0.948. The van der Waals surface area contributed by atoms with E-state index >= 15 is 0 Å². The number of phenolic OH excluding ortho intramolecular Hbond substituents is 2. The summed E-state index contributed by atoms with van der Waals surface area (Å²) in [7, 11) is 5.23. The van der Waals surface area contributed by atoms with Crippen LogP contribution in [0.5, 0.6) is 11.5 Å². The Kier molecular flexibility index (Phi) is 4.03. The number of aromatic hydroxyl groups is 2. The molecule has 1 rings (SSSR count). The molecule has 0 heterocycles. The molecule has 1 aromatic carbocycles. The van der Waals surface area contributed by atoms with Crippen molar-refractivity contribution in [3.63, 3.8) is 0 Å². The second-order valence-corrected chi connectivity index (χ2v) is 3.02. The topological polar surface area (TPSA) is 66.8 Å². The van der Waals surface area contributed by atoms with E-state index in [0.717, 1.165) is 6.07 Å². The van der Waals surface area contributed by atoms with E-state index in [1.54, 1.807) is 0 Å². The molecule has 0 unspecified atom stereocenters. The summed E-state index contributed by atoms with van der Waals surface area (Å²) in [6.45, 7) is 0.228. The molecule has 0 spiro atoms. The van der Waals surface area contributed by atoms with Crippen molar-refractivity contribution in [2.24, 2.45) is 0 Å². The molecule has 1 aromatic rings. The Balaban J connectivity index is 2.65. The van der Waals surface area contributed by atoms with Crippen LogP contribution in [0.15, 0.2) is 18.2 Å². The summed E-state index contributed by atoms with van der Waals surface area (Å²) in [6, 6.07) is 3.59. The number of esters is 1. The molecule has 0 aliphatic rings. The fourth-order valence-electron chi connectivity index (χ4n) is 1.04. The van der Waals surface area contributed by atoms with Crippen molar-refractivity contribution in [1.82, 2.24) is 0 Å². The molecule has 2 N–H and O–H groups in total. The number of hydrogen-bond donors (Lipinski definition) is 2. The second-order valence-electron chi connectivity index (χ2n) is 3.02. The summed E-state index contributed by atoms with van der Waals surface area (Å²) in [5.41, 5.74) is 0.115. The Morgan fingerprint density at radius 1 is 1.27 bits per heavy atom. The van der Waals surface area contributed by atoms with Crippen LogP contribution in [-0.4, -0.2) is 30.6 Å². The molecule has 0 atom stereocenters. The van der Waals surface area contributed by atoms with Crippen molar-refractivity contribution in [2.45, 2.75) is 12.7 Å². The van der Waals surface area contributed by atoms with E-state index in [0.29, 0.717) is 12.7 Å². The monoisotopic (exact) mass is 206 g/mol. The Bertz CT molecular complexity index is 331. The number of rotatable bonds is 4. The van der Waals surface area contributed by atoms with Gasteiger partial charge in [0.2, 0.25) is 0 Å². The number of hydrogen-bond acceptors (Lipinski definition) is 4. The number of ether oxygens (including phenoxy) is 1. The highest BCUT2D eigenvalue weighted by Gasteiger charge is 2.09. The lowest BCUT2D eigenvalue weighted by molar-refractivity contribution is 0.0504. The normalized spacial score (nSPS) is 9.87. The van der Waals surface area contributed by atoms with E-state index in [9.17, 15) is 4.79 Å². The van der Waals surface area contributed by atoms with Crippen LogP contribution >= 0.6 is 0 Å². The van der Waals surface area contributed by atoms with Crippen LogP contribution in [0.1, 0.15) is 16.8 Å². The zero-order chi connectivity index (χ0) is 11.3. The maximum atomic E-state index is 11.3. The maximum Gasteiger partial charge on any atom is 0.338 e. The fourth-order valence-corrected chi connectivity index (χ4v) is 1.04. The summed E-state index contributed by atoms with van der Waals surface area (Å²) >= 11 is 0. The highest BCUT2D eigenvalue weighted by molar-refractivity contribution is 6.08. The van der Waals surface area contributed by atoms with E-state index in [-0.39, 0.29) is 23.7 Å². The SMILES string of the molecule is [B]CCCOC(=O)c1cc(O)cc(O)c1. The first kappa shape index (κ1) is 11.4. The largest absolute Gasteiger partial charge is 0.508 e. The molecule has 0 aliphatic carbocycles. The standard InChI is InChI=1S/C10H11BO4/c11-2-1-3-15-10(14)7-4-8(12)6-9(13)5-7/h4-6,12-13H,1-3H2. The molecule has 78 valence electrons. The van der Waals surface area contributed by atoms with Crippen LogP contribution in [0.3, 0.4) is 0 Å². The van der Waals surface area contributed by atoms with E-state index in [2.05, 4.69) is 0 Å². The molecule has 0 aromatic heterocycles. The van der Waals surface area contributed by atoms with Gasteiger partial charge in [-0.25, -0.2) is 4.79 Å². The van der Waals surface area contributed by atoms with Crippen molar-refractivity contribution < 1.29 is 19.7 Å². The van der Waals surface area contributed by atoms with E-state index in [1.165, 1.54) is 12.1 Å². The Hall–Kier alpha value is -1.65. The summed E-state index contributed by atoms with van der Waals surface area (Å²) < 4.78 is 4.84. The van der Waals surface area contributed by atoms with Crippen molar-refractivity contribution >= 4 is 13.8 Å². The lowest BCUT2D eigenvalue weighted by atomic mass is 10.0. The molecule has 0 saturated carbocycles. The predicted octanol–water partition coefficient (Wildman–Crippen LogP) is 1.23. The fraction of sp³-hybridized carbons (Fsp3) is 0.300. The minimum Gasteiger partial charge on any atom is -0.508 e. The third-order valence-electron chi connectivity index (χ3n) is 1.72. The summed E-state index contributed by atoms with van der Waals surface area (Å²) in [6.07, 6.45) is 1.02. The van der Waals surface area contributed by atoms with Crippen molar-refractivity contribution in [3.8, 4) is 11.5 Å². The van der Waals surface area contributed by atoms with Gasteiger partial charge in [-0.3, -0.25) is 0 Å². The van der Waals surface area contributed by atoms with Crippen LogP contribution in [0.2, 0.25) is 6.32 Å². The highest BCUT2D eigenvalue weighted by atomic mass is 16.5. The van der Waals surface area contributed by atoms with E-state index in [1.807, 2.05) is 0 Å². The first-order chi connectivity index (χ1) is 7.13. The summed E-state index contributed by atoms with van der Waals surface area (Å²) in [4.78, 5) is 11.3. The second kappa shape index (κ2) is 5.29. The molecule has 0 aliphatic heterocycles. The molecule has 4 nitrogen and oxygen atoms in total. The molecular weight excluding hydrogens is 195 g/mol. The zero-order valence-corrected chi connectivity index (χ0v) is 8.14. The van der Waals surface area contributed by atoms with Crippen molar-refractivity contribution in [3.05, 3.63) is 23.8 Å². The number of benzene rings is 1. The third kappa shape index (κ3) is 3.54. The van der Waals surface area contributed by atoms with Crippen LogP contribution in [0, 0.1) is 0 Å². The summed E-state index contributed by atoms with van der Waals surface area (Å²) in [5, 5.41) is 18.3. The van der Waals surface area contributed by atoms with Gasteiger partial charge >= 0.3 is 5.97 Å². The Labute approximate surface area is 88.9 Å². The lowest BCUT2D eigenvalue weighted by Gasteiger charge is -2.04. The van der Waals surface area contributed by atoms with Gasteiger partial charge < -0.3 is 14.9 Å². The average molecular weight is 206 g/mol.